The minimum atomic E-state index is -0.303. The maximum absolute atomic E-state index is 12.8. The summed E-state index contributed by atoms with van der Waals surface area (Å²) in [6.07, 6.45) is 1.90. The van der Waals surface area contributed by atoms with Crippen molar-refractivity contribution in [2.24, 2.45) is 5.92 Å². The van der Waals surface area contributed by atoms with Crippen molar-refractivity contribution >= 4 is 17.4 Å². The monoisotopic (exact) mass is 459 g/mol. The third kappa shape index (κ3) is 5.71. The van der Waals surface area contributed by atoms with Gasteiger partial charge in [-0.2, -0.15) is 0 Å². The minimum Gasteiger partial charge on any atom is -0.497 e. The first-order valence-corrected chi connectivity index (χ1v) is 11.2. The van der Waals surface area contributed by atoms with E-state index in [1.807, 2.05) is 91.2 Å². The zero-order valence-electron chi connectivity index (χ0n) is 19.6. The van der Waals surface area contributed by atoms with Gasteiger partial charge < -0.3 is 20.1 Å². The van der Waals surface area contributed by atoms with Gasteiger partial charge in [-0.3, -0.25) is 4.40 Å². The Hall–Kier alpha value is -3.91. The standard InChI is InChI=1S/C26H29N5O3/c1-18(2)24(25-30-29-23-9-4-5-14-31(23)25)28-26(32)27-21-8-6-7-20(15-21)17-34-16-19-10-12-22(33-3)13-11-19/h4-15,18,24H,16-17H2,1-3H3,(H2,27,28,32). The molecule has 2 amide bonds. The lowest BCUT2D eigenvalue weighted by Gasteiger charge is -2.21. The molecule has 2 aromatic carbocycles. The van der Waals surface area contributed by atoms with E-state index in [1.54, 1.807) is 7.11 Å². The molecule has 4 aromatic rings. The summed E-state index contributed by atoms with van der Waals surface area (Å²) in [5.74, 6) is 1.63. The van der Waals surface area contributed by atoms with Crippen LogP contribution in [0.25, 0.3) is 5.65 Å². The highest BCUT2D eigenvalue weighted by atomic mass is 16.5. The molecule has 2 N–H and O–H groups in total. The van der Waals surface area contributed by atoms with E-state index in [4.69, 9.17) is 9.47 Å². The van der Waals surface area contributed by atoms with Crippen LogP contribution in [0.3, 0.4) is 0 Å². The topological polar surface area (TPSA) is 89.8 Å². The molecule has 4 rings (SSSR count). The number of urea groups is 1. The van der Waals surface area contributed by atoms with Crippen LogP contribution in [0.2, 0.25) is 0 Å². The van der Waals surface area contributed by atoms with Crippen molar-refractivity contribution in [2.75, 3.05) is 12.4 Å². The lowest BCUT2D eigenvalue weighted by atomic mass is 10.0. The summed E-state index contributed by atoms with van der Waals surface area (Å²) < 4.78 is 12.9. The molecule has 0 bridgehead atoms. The number of ether oxygens (including phenoxy) is 2. The molecule has 8 nitrogen and oxygen atoms in total. The van der Waals surface area contributed by atoms with Gasteiger partial charge in [0.2, 0.25) is 0 Å². The smallest absolute Gasteiger partial charge is 0.319 e. The SMILES string of the molecule is COc1ccc(COCc2cccc(NC(=O)NC(c3nnc4ccccn34)C(C)C)c2)cc1. The van der Waals surface area contributed by atoms with Crippen LogP contribution in [-0.4, -0.2) is 27.7 Å². The zero-order valence-corrected chi connectivity index (χ0v) is 19.6. The fraction of sp³-hybridized carbons (Fsp3) is 0.269. The molecule has 0 saturated carbocycles. The van der Waals surface area contributed by atoms with Gasteiger partial charge in [-0.25, -0.2) is 4.79 Å². The Labute approximate surface area is 198 Å². The van der Waals surface area contributed by atoms with Crippen molar-refractivity contribution in [1.29, 1.82) is 0 Å². The Morgan fingerprint density at radius 3 is 2.53 bits per heavy atom. The molecule has 0 aliphatic heterocycles. The Morgan fingerprint density at radius 2 is 1.76 bits per heavy atom. The number of hydrogen-bond acceptors (Lipinski definition) is 5. The Kier molecular flexibility index (Phi) is 7.39. The number of pyridine rings is 1. The number of anilines is 1. The van der Waals surface area contributed by atoms with Gasteiger partial charge in [-0.15, -0.1) is 10.2 Å². The first kappa shape index (κ1) is 23.3. The first-order valence-electron chi connectivity index (χ1n) is 11.2. The number of aromatic nitrogens is 3. The fourth-order valence-electron chi connectivity index (χ4n) is 3.66. The molecule has 2 heterocycles. The molecule has 1 unspecified atom stereocenters. The molecular formula is C26H29N5O3. The van der Waals surface area contributed by atoms with Crippen LogP contribution in [0.4, 0.5) is 10.5 Å². The number of hydrogen-bond donors (Lipinski definition) is 2. The van der Waals surface area contributed by atoms with Gasteiger partial charge in [0.25, 0.3) is 0 Å². The zero-order chi connectivity index (χ0) is 23.9. The highest BCUT2D eigenvalue weighted by Crippen LogP contribution is 2.21. The van der Waals surface area contributed by atoms with Crippen LogP contribution in [0, 0.1) is 5.92 Å². The van der Waals surface area contributed by atoms with Crippen molar-refractivity contribution in [3.8, 4) is 5.75 Å². The Balaban J connectivity index is 1.35. The summed E-state index contributed by atoms with van der Waals surface area (Å²) in [5.41, 5.74) is 3.47. The molecule has 0 saturated heterocycles. The molecule has 0 fully saturated rings. The first-order chi connectivity index (χ1) is 16.5. The number of fused-ring (bicyclic) bond motifs is 1. The van der Waals surface area contributed by atoms with E-state index in [1.165, 1.54) is 0 Å². The average Bonchev–Trinajstić information content (AvgIpc) is 3.27. The predicted octanol–water partition coefficient (Wildman–Crippen LogP) is 4.97. The molecule has 176 valence electrons. The van der Waals surface area contributed by atoms with Crippen molar-refractivity contribution in [1.82, 2.24) is 19.9 Å². The van der Waals surface area contributed by atoms with E-state index in [-0.39, 0.29) is 18.0 Å². The number of nitrogens with one attached hydrogen (secondary N) is 2. The second-order valence-corrected chi connectivity index (χ2v) is 8.35. The van der Waals surface area contributed by atoms with E-state index in [2.05, 4.69) is 20.8 Å². The molecule has 8 heteroatoms. The van der Waals surface area contributed by atoms with Crippen LogP contribution in [0.1, 0.15) is 36.8 Å². The van der Waals surface area contributed by atoms with E-state index >= 15 is 0 Å². The maximum atomic E-state index is 12.8. The van der Waals surface area contributed by atoms with Gasteiger partial charge in [-0.1, -0.05) is 44.2 Å². The molecule has 2 aromatic heterocycles. The van der Waals surface area contributed by atoms with Gasteiger partial charge in [0.1, 0.15) is 5.75 Å². The number of methoxy groups -OCH3 is 1. The summed E-state index contributed by atoms with van der Waals surface area (Å²) in [4.78, 5) is 12.8. The molecular weight excluding hydrogens is 430 g/mol. The molecule has 0 radical (unpaired) electrons. The molecule has 0 aliphatic carbocycles. The second-order valence-electron chi connectivity index (χ2n) is 8.35. The van der Waals surface area contributed by atoms with Crippen LogP contribution >= 0.6 is 0 Å². The van der Waals surface area contributed by atoms with Crippen molar-refractivity contribution in [3.05, 3.63) is 89.9 Å². The summed E-state index contributed by atoms with van der Waals surface area (Å²) >= 11 is 0. The van der Waals surface area contributed by atoms with Gasteiger partial charge in [0, 0.05) is 11.9 Å². The molecule has 0 spiro atoms. The van der Waals surface area contributed by atoms with Crippen LogP contribution < -0.4 is 15.4 Å². The number of amides is 2. The number of benzene rings is 2. The normalized spacial score (nSPS) is 12.0. The average molecular weight is 460 g/mol. The van der Waals surface area contributed by atoms with Gasteiger partial charge >= 0.3 is 6.03 Å². The van der Waals surface area contributed by atoms with Crippen LogP contribution in [0.15, 0.2) is 72.9 Å². The van der Waals surface area contributed by atoms with Gasteiger partial charge in [0.05, 0.1) is 26.4 Å². The summed E-state index contributed by atoms with van der Waals surface area (Å²) in [6.45, 7) is 5.00. The Morgan fingerprint density at radius 1 is 0.971 bits per heavy atom. The number of carbonyl (C=O) groups excluding carboxylic acids is 1. The predicted molar refractivity (Wildman–Crippen MR) is 131 cm³/mol. The summed E-state index contributed by atoms with van der Waals surface area (Å²) in [6, 6.07) is 20.5. The quantitative estimate of drug-likeness (QED) is 0.369. The number of nitrogens with zero attached hydrogens (tertiary/aromatic N) is 3. The third-order valence-electron chi connectivity index (χ3n) is 5.45. The van der Waals surface area contributed by atoms with Gasteiger partial charge in [-0.05, 0) is 53.4 Å². The number of rotatable bonds is 9. The lowest BCUT2D eigenvalue weighted by Crippen LogP contribution is -2.36. The highest BCUT2D eigenvalue weighted by Gasteiger charge is 2.23. The molecule has 0 aliphatic rings. The van der Waals surface area contributed by atoms with E-state index in [9.17, 15) is 4.79 Å². The largest absolute Gasteiger partial charge is 0.497 e. The van der Waals surface area contributed by atoms with E-state index in [0.29, 0.717) is 24.7 Å². The second kappa shape index (κ2) is 10.8. The van der Waals surface area contributed by atoms with Crippen molar-refractivity contribution in [2.45, 2.75) is 33.1 Å². The molecule has 34 heavy (non-hydrogen) atoms. The van der Waals surface area contributed by atoms with Crippen LogP contribution in [-0.2, 0) is 18.0 Å². The molecule has 1 atom stereocenters. The third-order valence-corrected chi connectivity index (χ3v) is 5.45. The van der Waals surface area contributed by atoms with Crippen molar-refractivity contribution in [3.63, 3.8) is 0 Å². The van der Waals surface area contributed by atoms with Crippen molar-refractivity contribution < 1.29 is 14.3 Å². The van der Waals surface area contributed by atoms with E-state index in [0.717, 1.165) is 22.5 Å². The number of carbonyl (C=O) groups is 1. The fourth-order valence-corrected chi connectivity index (χ4v) is 3.66. The highest BCUT2D eigenvalue weighted by molar-refractivity contribution is 5.89. The Bertz CT molecular complexity index is 1240. The summed E-state index contributed by atoms with van der Waals surface area (Å²) in [5, 5.41) is 14.5. The summed E-state index contributed by atoms with van der Waals surface area (Å²) in [7, 11) is 1.65. The van der Waals surface area contributed by atoms with E-state index < -0.39 is 0 Å². The minimum absolute atomic E-state index is 0.121. The van der Waals surface area contributed by atoms with Crippen LogP contribution in [0.5, 0.6) is 5.75 Å². The maximum Gasteiger partial charge on any atom is 0.319 e. The van der Waals surface area contributed by atoms with Gasteiger partial charge in [0.15, 0.2) is 11.5 Å². The lowest BCUT2D eigenvalue weighted by molar-refractivity contribution is 0.107.